The van der Waals surface area contributed by atoms with Crippen LogP contribution in [0.1, 0.15) is 38.0 Å². The maximum absolute atomic E-state index is 12.8. The topological polar surface area (TPSA) is 83.3 Å². The van der Waals surface area contributed by atoms with E-state index in [2.05, 4.69) is 33.9 Å². The molecule has 2 aliphatic rings. The quantitative estimate of drug-likeness (QED) is 0.824. The summed E-state index contributed by atoms with van der Waals surface area (Å²) in [5.41, 5.74) is -0.639. The number of carbonyl (C=O) groups excluding carboxylic acids is 1. The summed E-state index contributed by atoms with van der Waals surface area (Å²) in [7, 11) is 0. The van der Waals surface area contributed by atoms with Gasteiger partial charge in [0.25, 0.3) is 0 Å². The fourth-order valence-electron chi connectivity index (χ4n) is 3.54. The Balaban J connectivity index is 1.85. The van der Waals surface area contributed by atoms with Gasteiger partial charge in [0.1, 0.15) is 5.82 Å². The molecule has 3 heterocycles. The van der Waals surface area contributed by atoms with E-state index in [9.17, 15) is 9.90 Å². The van der Waals surface area contributed by atoms with Crippen LogP contribution >= 0.6 is 0 Å². The molecule has 1 fully saturated rings. The first kappa shape index (κ1) is 15.4. The second-order valence-electron chi connectivity index (χ2n) is 7.04. The lowest BCUT2D eigenvalue weighted by molar-refractivity contribution is -0.150. The van der Waals surface area contributed by atoms with Crippen molar-refractivity contribution in [3.8, 4) is 0 Å². The van der Waals surface area contributed by atoms with Crippen molar-refractivity contribution in [2.45, 2.75) is 39.8 Å². The first-order chi connectivity index (χ1) is 10.5. The molecule has 1 aromatic heterocycles. The number of aliphatic hydroxyl groups excluding tert-OH is 1. The van der Waals surface area contributed by atoms with Crippen LogP contribution in [0.4, 0.5) is 0 Å². The van der Waals surface area contributed by atoms with Gasteiger partial charge in [-0.25, -0.2) is 0 Å². The molecule has 1 saturated heterocycles. The van der Waals surface area contributed by atoms with Crippen LogP contribution in [-0.2, 0) is 11.3 Å². The third-order valence-electron chi connectivity index (χ3n) is 4.78. The lowest BCUT2D eigenvalue weighted by Crippen LogP contribution is -2.64. The average Bonchev–Trinajstić information content (AvgIpc) is 2.79. The Hall–Kier alpha value is -1.47. The number of hydrogen-bond acceptors (Lipinski definition) is 5. The molecule has 0 spiro atoms. The lowest BCUT2D eigenvalue weighted by atomic mass is 9.80. The van der Waals surface area contributed by atoms with Gasteiger partial charge in [-0.2, -0.15) is 0 Å². The summed E-state index contributed by atoms with van der Waals surface area (Å²) in [6.07, 6.45) is 0.986. The molecule has 0 aromatic carbocycles. The number of nitrogens with zero attached hydrogens (tertiary/aromatic N) is 4. The molecule has 2 aliphatic heterocycles. The number of aryl methyl sites for hydroxylation is 1. The summed E-state index contributed by atoms with van der Waals surface area (Å²) in [5, 5.41) is 21.1. The monoisotopic (exact) mass is 307 g/mol. The van der Waals surface area contributed by atoms with E-state index in [-0.39, 0.29) is 18.6 Å². The number of rotatable bonds is 4. The highest BCUT2D eigenvalue weighted by Gasteiger charge is 2.47. The Morgan fingerprint density at radius 2 is 2.18 bits per heavy atom. The molecule has 1 amide bonds. The maximum Gasteiger partial charge on any atom is 0.234 e. The predicted molar refractivity (Wildman–Crippen MR) is 81.1 cm³/mol. The van der Waals surface area contributed by atoms with Crippen LogP contribution < -0.4 is 5.32 Å². The third kappa shape index (κ3) is 2.42. The van der Waals surface area contributed by atoms with Crippen LogP contribution in [0.25, 0.3) is 0 Å². The summed E-state index contributed by atoms with van der Waals surface area (Å²) < 4.78 is 2.18. The molecule has 0 unspecified atom stereocenters. The Labute approximate surface area is 130 Å². The van der Waals surface area contributed by atoms with E-state index in [1.165, 1.54) is 0 Å². The molecule has 2 N–H and O–H groups in total. The minimum Gasteiger partial charge on any atom is -0.395 e. The van der Waals surface area contributed by atoms with E-state index >= 15 is 0 Å². The normalized spacial score (nSPS) is 23.3. The van der Waals surface area contributed by atoms with Gasteiger partial charge in [0.2, 0.25) is 5.91 Å². The van der Waals surface area contributed by atoms with Gasteiger partial charge in [-0.05, 0) is 19.3 Å². The molecule has 0 bridgehead atoms. The van der Waals surface area contributed by atoms with Crippen molar-refractivity contribution in [3.05, 3.63) is 11.6 Å². The van der Waals surface area contributed by atoms with Gasteiger partial charge >= 0.3 is 0 Å². The molecule has 7 nitrogen and oxygen atoms in total. The van der Waals surface area contributed by atoms with Crippen molar-refractivity contribution in [1.82, 2.24) is 25.0 Å². The summed E-state index contributed by atoms with van der Waals surface area (Å²) in [6, 6.07) is 0.214. The van der Waals surface area contributed by atoms with Crippen molar-refractivity contribution >= 4 is 5.91 Å². The smallest absolute Gasteiger partial charge is 0.234 e. The summed E-state index contributed by atoms with van der Waals surface area (Å²) in [6.45, 7) is 8.50. The Morgan fingerprint density at radius 1 is 1.45 bits per heavy atom. The number of aliphatic hydroxyl groups is 1. The molecule has 0 aliphatic carbocycles. The molecule has 1 atom stereocenters. The fourth-order valence-corrected chi connectivity index (χ4v) is 3.54. The molecule has 0 radical (unpaired) electrons. The SMILES string of the molecule is Cc1nnc2n1[C@@H](CC(C)C)CN(C(=O)C1(CO)CNC1)C2. The van der Waals surface area contributed by atoms with Gasteiger partial charge in [-0.15, -0.1) is 10.2 Å². The summed E-state index contributed by atoms with van der Waals surface area (Å²) >= 11 is 0. The average molecular weight is 307 g/mol. The molecule has 1 aromatic rings. The summed E-state index contributed by atoms with van der Waals surface area (Å²) in [4.78, 5) is 14.7. The molecule has 122 valence electrons. The van der Waals surface area contributed by atoms with E-state index in [0.717, 1.165) is 18.1 Å². The number of carbonyl (C=O) groups is 1. The minimum absolute atomic E-state index is 0.0365. The van der Waals surface area contributed by atoms with Crippen LogP contribution in [0.2, 0.25) is 0 Å². The second kappa shape index (κ2) is 5.62. The van der Waals surface area contributed by atoms with E-state index in [1.807, 2.05) is 11.8 Å². The van der Waals surface area contributed by atoms with Crippen molar-refractivity contribution in [1.29, 1.82) is 0 Å². The van der Waals surface area contributed by atoms with E-state index in [0.29, 0.717) is 32.1 Å². The number of nitrogens with one attached hydrogen (secondary N) is 1. The first-order valence-corrected chi connectivity index (χ1v) is 7.98. The number of aromatic nitrogens is 3. The van der Waals surface area contributed by atoms with Gasteiger partial charge in [0.05, 0.1) is 24.6 Å². The van der Waals surface area contributed by atoms with Gasteiger partial charge < -0.3 is 19.9 Å². The van der Waals surface area contributed by atoms with E-state index < -0.39 is 5.41 Å². The van der Waals surface area contributed by atoms with Gasteiger partial charge in [-0.1, -0.05) is 13.8 Å². The highest BCUT2D eigenvalue weighted by molar-refractivity contribution is 5.84. The van der Waals surface area contributed by atoms with Crippen LogP contribution in [0.3, 0.4) is 0 Å². The molecular weight excluding hydrogens is 282 g/mol. The largest absolute Gasteiger partial charge is 0.395 e. The van der Waals surface area contributed by atoms with Crippen molar-refractivity contribution in [3.63, 3.8) is 0 Å². The third-order valence-corrected chi connectivity index (χ3v) is 4.78. The Kier molecular flexibility index (Phi) is 3.94. The van der Waals surface area contributed by atoms with Crippen LogP contribution in [0, 0.1) is 18.3 Å². The number of fused-ring (bicyclic) bond motifs is 1. The minimum atomic E-state index is -0.639. The number of hydrogen-bond donors (Lipinski definition) is 2. The van der Waals surface area contributed by atoms with Crippen LogP contribution in [0.15, 0.2) is 0 Å². The summed E-state index contributed by atoms with van der Waals surface area (Å²) in [5.74, 6) is 2.33. The highest BCUT2D eigenvalue weighted by Crippen LogP contribution is 2.31. The van der Waals surface area contributed by atoms with E-state index in [1.54, 1.807) is 0 Å². The molecule has 22 heavy (non-hydrogen) atoms. The Morgan fingerprint density at radius 3 is 2.73 bits per heavy atom. The highest BCUT2D eigenvalue weighted by atomic mass is 16.3. The van der Waals surface area contributed by atoms with Crippen molar-refractivity contribution in [2.75, 3.05) is 26.2 Å². The zero-order valence-electron chi connectivity index (χ0n) is 13.5. The maximum atomic E-state index is 12.8. The Bertz CT molecular complexity index is 559. The van der Waals surface area contributed by atoms with Crippen LogP contribution in [-0.4, -0.2) is 56.9 Å². The second-order valence-corrected chi connectivity index (χ2v) is 7.04. The predicted octanol–water partition coefficient (Wildman–Crippen LogP) is 0.0978. The standard InChI is InChI=1S/C15H25N5O2/c1-10(2)4-12-5-19(6-13-18-17-11(3)20(12)13)14(22)15(9-21)7-16-8-15/h10,12,16,21H,4-9H2,1-3H3/t12-/m0/s1. The van der Waals surface area contributed by atoms with Gasteiger partial charge in [0.15, 0.2) is 5.82 Å². The van der Waals surface area contributed by atoms with Gasteiger partial charge in [0, 0.05) is 19.6 Å². The van der Waals surface area contributed by atoms with Crippen LogP contribution in [0.5, 0.6) is 0 Å². The zero-order chi connectivity index (χ0) is 15.9. The molecule has 3 rings (SSSR count). The lowest BCUT2D eigenvalue weighted by Gasteiger charge is -2.45. The fraction of sp³-hybridized carbons (Fsp3) is 0.800. The van der Waals surface area contributed by atoms with Crippen molar-refractivity contribution in [2.24, 2.45) is 11.3 Å². The molecular formula is C15H25N5O2. The first-order valence-electron chi connectivity index (χ1n) is 7.98. The number of amides is 1. The molecule has 7 heteroatoms. The molecule has 0 saturated carbocycles. The van der Waals surface area contributed by atoms with Crippen molar-refractivity contribution < 1.29 is 9.90 Å². The van der Waals surface area contributed by atoms with Gasteiger partial charge in [-0.3, -0.25) is 4.79 Å². The zero-order valence-corrected chi connectivity index (χ0v) is 13.5. The van der Waals surface area contributed by atoms with E-state index in [4.69, 9.17) is 0 Å².